The molecule has 35 heavy (non-hydrogen) atoms. The second kappa shape index (κ2) is 13.4. The number of ketones is 2. The number of benzene rings is 3. The molecular formula is C30H32O5. The van der Waals surface area contributed by atoms with E-state index in [-0.39, 0.29) is 24.6 Å². The van der Waals surface area contributed by atoms with Gasteiger partial charge >= 0.3 is 5.97 Å². The van der Waals surface area contributed by atoms with Gasteiger partial charge in [-0.1, -0.05) is 86.1 Å². The Morgan fingerprint density at radius 2 is 1.51 bits per heavy atom. The number of hydrogen-bond donors (Lipinski definition) is 0. The van der Waals surface area contributed by atoms with Crippen molar-refractivity contribution >= 4 is 17.5 Å². The molecular weight excluding hydrogens is 440 g/mol. The van der Waals surface area contributed by atoms with E-state index in [0.717, 1.165) is 35.1 Å². The number of hydrogen-bond acceptors (Lipinski definition) is 5. The Morgan fingerprint density at radius 3 is 2.17 bits per heavy atom. The molecule has 0 aliphatic rings. The lowest BCUT2D eigenvalue weighted by molar-refractivity contribution is -0.135. The minimum absolute atomic E-state index is 0.0908. The van der Waals surface area contributed by atoms with Crippen LogP contribution in [0.2, 0.25) is 0 Å². The molecule has 3 aromatic carbocycles. The van der Waals surface area contributed by atoms with E-state index in [2.05, 4.69) is 0 Å². The third-order valence-corrected chi connectivity index (χ3v) is 5.92. The number of unbranched alkanes of at least 4 members (excludes halogenated alkanes) is 1. The molecule has 1 unspecified atom stereocenters. The first-order valence-corrected chi connectivity index (χ1v) is 12.0. The van der Waals surface area contributed by atoms with Crippen LogP contribution in [0.1, 0.15) is 47.7 Å². The Kier molecular flexibility index (Phi) is 9.93. The average Bonchev–Trinajstić information content (AvgIpc) is 2.90. The monoisotopic (exact) mass is 472 g/mol. The van der Waals surface area contributed by atoms with Gasteiger partial charge in [0.2, 0.25) is 0 Å². The fourth-order valence-electron chi connectivity index (χ4n) is 3.98. The van der Waals surface area contributed by atoms with Crippen LogP contribution in [0, 0.1) is 5.92 Å². The Hall–Kier alpha value is -3.57. The predicted molar refractivity (Wildman–Crippen MR) is 136 cm³/mol. The van der Waals surface area contributed by atoms with Gasteiger partial charge in [0.25, 0.3) is 0 Å². The van der Waals surface area contributed by atoms with Gasteiger partial charge in [-0.25, -0.2) is 4.79 Å². The van der Waals surface area contributed by atoms with Gasteiger partial charge < -0.3 is 9.47 Å². The summed E-state index contributed by atoms with van der Waals surface area (Å²) >= 11 is 0. The van der Waals surface area contributed by atoms with Gasteiger partial charge in [-0.15, -0.1) is 0 Å². The lowest BCUT2D eigenvalue weighted by atomic mass is 9.87. The minimum Gasteiger partial charge on any atom is -0.465 e. The van der Waals surface area contributed by atoms with E-state index in [9.17, 15) is 14.4 Å². The maximum atomic E-state index is 13.1. The summed E-state index contributed by atoms with van der Waals surface area (Å²) in [6.07, 6.45) is 2.16. The highest BCUT2D eigenvalue weighted by molar-refractivity contribution is 6.03. The maximum Gasteiger partial charge on any atom is 0.338 e. The zero-order valence-corrected chi connectivity index (χ0v) is 20.4. The van der Waals surface area contributed by atoms with E-state index in [0.29, 0.717) is 18.6 Å². The second-order valence-electron chi connectivity index (χ2n) is 8.51. The van der Waals surface area contributed by atoms with Crippen LogP contribution in [-0.4, -0.2) is 31.3 Å². The van der Waals surface area contributed by atoms with Gasteiger partial charge in [-0.3, -0.25) is 9.59 Å². The van der Waals surface area contributed by atoms with Crippen molar-refractivity contribution in [2.24, 2.45) is 5.92 Å². The third kappa shape index (κ3) is 7.46. The van der Waals surface area contributed by atoms with E-state index in [1.807, 2.05) is 79.7 Å². The molecule has 3 rings (SSSR count). The highest BCUT2D eigenvalue weighted by atomic mass is 16.5. The lowest BCUT2D eigenvalue weighted by Crippen LogP contribution is -2.29. The van der Waals surface area contributed by atoms with Crippen LogP contribution in [0.15, 0.2) is 78.9 Å². The molecule has 0 radical (unpaired) electrons. The number of Topliss-reactive ketones (excluding diaryl/α,β-unsaturated/α-hetero) is 2. The lowest BCUT2D eigenvalue weighted by Gasteiger charge is -2.17. The first-order chi connectivity index (χ1) is 17.0. The highest BCUT2D eigenvalue weighted by Crippen LogP contribution is 2.27. The topological polar surface area (TPSA) is 69.7 Å². The van der Waals surface area contributed by atoms with Crippen LogP contribution in [0.3, 0.4) is 0 Å². The molecule has 0 fully saturated rings. The molecule has 0 aliphatic heterocycles. The molecule has 0 aliphatic carbocycles. The van der Waals surface area contributed by atoms with Crippen molar-refractivity contribution in [1.29, 1.82) is 0 Å². The number of methoxy groups -OCH3 is 1. The standard InChI is InChI=1S/C30H32O5/c1-3-4-15-28(31)27(29(32)21-35-20-22-11-7-5-8-12-22)19-23-16-17-25(24-13-9-6-10-14-24)26(18-23)30(33)34-2/h5-14,16-18,27H,3-4,15,19-21H2,1-2H3. The fourth-order valence-corrected chi connectivity index (χ4v) is 3.98. The SMILES string of the molecule is CCCCC(=O)C(Cc1ccc(-c2ccccc2)c(C(=O)OC)c1)C(=O)COCc1ccccc1. The second-order valence-corrected chi connectivity index (χ2v) is 8.51. The van der Waals surface area contributed by atoms with Gasteiger partial charge in [0.1, 0.15) is 12.4 Å². The molecule has 3 aromatic rings. The van der Waals surface area contributed by atoms with Crippen molar-refractivity contribution in [2.75, 3.05) is 13.7 Å². The number of ether oxygens (including phenoxy) is 2. The van der Waals surface area contributed by atoms with Crippen molar-refractivity contribution in [3.63, 3.8) is 0 Å². The summed E-state index contributed by atoms with van der Waals surface area (Å²) in [4.78, 5) is 38.6. The molecule has 0 amide bonds. The molecule has 1 atom stereocenters. The third-order valence-electron chi connectivity index (χ3n) is 5.92. The van der Waals surface area contributed by atoms with Crippen LogP contribution < -0.4 is 0 Å². The molecule has 5 nitrogen and oxygen atoms in total. The molecule has 5 heteroatoms. The number of carbonyl (C=O) groups is 3. The molecule has 0 saturated carbocycles. The van der Waals surface area contributed by atoms with E-state index < -0.39 is 11.9 Å². The first kappa shape index (κ1) is 26.0. The molecule has 0 spiro atoms. The summed E-state index contributed by atoms with van der Waals surface area (Å²) in [5, 5.41) is 0. The van der Waals surface area contributed by atoms with Crippen LogP contribution in [0.5, 0.6) is 0 Å². The highest BCUT2D eigenvalue weighted by Gasteiger charge is 2.27. The van der Waals surface area contributed by atoms with Gasteiger partial charge in [-0.05, 0) is 41.2 Å². The average molecular weight is 473 g/mol. The molecule has 0 N–H and O–H groups in total. The smallest absolute Gasteiger partial charge is 0.338 e. The molecule has 0 aromatic heterocycles. The van der Waals surface area contributed by atoms with E-state index >= 15 is 0 Å². The zero-order valence-electron chi connectivity index (χ0n) is 20.4. The number of carbonyl (C=O) groups excluding carboxylic acids is 3. The quantitative estimate of drug-likeness (QED) is 0.231. The summed E-state index contributed by atoms with van der Waals surface area (Å²) < 4.78 is 10.6. The van der Waals surface area contributed by atoms with E-state index in [1.54, 1.807) is 6.07 Å². The van der Waals surface area contributed by atoms with Gasteiger partial charge in [0, 0.05) is 6.42 Å². The first-order valence-electron chi connectivity index (χ1n) is 12.0. The summed E-state index contributed by atoms with van der Waals surface area (Å²) in [5.74, 6) is -1.61. The molecule has 182 valence electrons. The summed E-state index contributed by atoms with van der Waals surface area (Å²) in [6.45, 7) is 2.18. The van der Waals surface area contributed by atoms with Crippen LogP contribution in [0.4, 0.5) is 0 Å². The van der Waals surface area contributed by atoms with E-state index in [4.69, 9.17) is 9.47 Å². The molecule has 0 saturated heterocycles. The Bertz CT molecular complexity index is 1120. The van der Waals surface area contributed by atoms with Gasteiger partial charge in [0.05, 0.1) is 25.2 Å². The van der Waals surface area contributed by atoms with Crippen molar-refractivity contribution in [2.45, 2.75) is 39.2 Å². The normalized spacial score (nSPS) is 11.6. The molecule has 0 heterocycles. The predicted octanol–water partition coefficient (Wildman–Crippen LogP) is 5.84. The largest absolute Gasteiger partial charge is 0.465 e. The number of rotatable bonds is 13. The van der Waals surface area contributed by atoms with E-state index in [1.165, 1.54) is 7.11 Å². The maximum absolute atomic E-state index is 13.1. The Labute approximate surface area is 207 Å². The minimum atomic E-state index is -0.814. The van der Waals surface area contributed by atoms with Crippen LogP contribution >= 0.6 is 0 Å². The van der Waals surface area contributed by atoms with Crippen LogP contribution in [0.25, 0.3) is 11.1 Å². The zero-order chi connectivity index (χ0) is 25.0. The number of esters is 1. The summed E-state index contributed by atoms with van der Waals surface area (Å²) in [6, 6.07) is 24.6. The van der Waals surface area contributed by atoms with Crippen molar-refractivity contribution in [1.82, 2.24) is 0 Å². The van der Waals surface area contributed by atoms with Crippen molar-refractivity contribution in [3.05, 3.63) is 95.6 Å². The summed E-state index contributed by atoms with van der Waals surface area (Å²) in [5.41, 5.74) is 3.74. The summed E-state index contributed by atoms with van der Waals surface area (Å²) in [7, 11) is 1.34. The van der Waals surface area contributed by atoms with Crippen LogP contribution in [-0.2, 0) is 32.1 Å². The fraction of sp³-hybridized carbons (Fsp3) is 0.300. The Morgan fingerprint density at radius 1 is 0.829 bits per heavy atom. The van der Waals surface area contributed by atoms with Gasteiger partial charge in [0.15, 0.2) is 5.78 Å². The van der Waals surface area contributed by atoms with Crippen molar-refractivity contribution < 1.29 is 23.9 Å². The van der Waals surface area contributed by atoms with Gasteiger partial charge in [-0.2, -0.15) is 0 Å². The Balaban J connectivity index is 1.80. The molecule has 0 bridgehead atoms. The van der Waals surface area contributed by atoms with Crippen molar-refractivity contribution in [3.8, 4) is 11.1 Å².